The van der Waals surface area contributed by atoms with E-state index in [1.165, 1.54) is 0 Å². The Bertz CT molecular complexity index is 450. The Morgan fingerprint density at radius 1 is 1.42 bits per heavy atom. The number of nitrogens with one attached hydrogen (secondary N) is 2. The van der Waals surface area contributed by atoms with E-state index in [-0.39, 0.29) is 11.3 Å². The molecule has 1 aromatic rings. The second-order valence-corrected chi connectivity index (χ2v) is 5.78. The number of halogens is 2. The first-order chi connectivity index (χ1) is 9.09. The van der Waals surface area contributed by atoms with Crippen LogP contribution in [-0.4, -0.2) is 19.0 Å². The summed E-state index contributed by atoms with van der Waals surface area (Å²) in [5.74, 6) is -0.00259. The van der Waals surface area contributed by atoms with Crippen molar-refractivity contribution in [1.29, 1.82) is 0 Å². The zero-order chi connectivity index (χ0) is 13.9. The van der Waals surface area contributed by atoms with Crippen LogP contribution in [0.5, 0.6) is 0 Å². The van der Waals surface area contributed by atoms with Crippen molar-refractivity contribution < 1.29 is 4.79 Å². The molecule has 1 heterocycles. The number of para-hydroxylation sites is 1. The standard InChI is InChI=1S/C14H18Cl2N2O/c1-2-14(7-4-8-17-9-14)13(19)18-12-10(15)5-3-6-11(12)16/h3,5-6,17H,2,4,7-9H2,1H3,(H,18,19). The SMILES string of the molecule is CCC1(C(=O)Nc2c(Cl)cccc2Cl)CCCNC1. The zero-order valence-corrected chi connectivity index (χ0v) is 12.4. The van der Waals surface area contributed by atoms with Gasteiger partial charge in [-0.1, -0.05) is 36.2 Å². The summed E-state index contributed by atoms with van der Waals surface area (Å²) in [6.45, 7) is 3.72. The average Bonchev–Trinajstić information content (AvgIpc) is 2.43. The molecule has 1 saturated heterocycles. The molecule has 1 atom stereocenters. The Kier molecular flexibility index (Phi) is 4.71. The van der Waals surface area contributed by atoms with E-state index in [2.05, 4.69) is 10.6 Å². The van der Waals surface area contributed by atoms with Crippen LogP contribution >= 0.6 is 23.2 Å². The summed E-state index contributed by atoms with van der Waals surface area (Å²) in [7, 11) is 0. The molecular formula is C14H18Cl2N2O. The Balaban J connectivity index is 2.20. The predicted octanol–water partition coefficient (Wildman–Crippen LogP) is 3.71. The third kappa shape index (κ3) is 3.04. The molecule has 3 nitrogen and oxygen atoms in total. The van der Waals surface area contributed by atoms with Crippen molar-refractivity contribution in [2.24, 2.45) is 5.41 Å². The van der Waals surface area contributed by atoms with Crippen LogP contribution in [0.4, 0.5) is 5.69 Å². The smallest absolute Gasteiger partial charge is 0.231 e. The molecule has 1 aromatic carbocycles. The molecule has 0 bridgehead atoms. The van der Waals surface area contributed by atoms with E-state index in [1.54, 1.807) is 18.2 Å². The largest absolute Gasteiger partial charge is 0.323 e. The Morgan fingerprint density at radius 3 is 2.63 bits per heavy atom. The first kappa shape index (κ1) is 14.6. The van der Waals surface area contributed by atoms with Gasteiger partial charge in [0.1, 0.15) is 0 Å². The number of hydrogen-bond donors (Lipinski definition) is 2. The maximum absolute atomic E-state index is 12.6. The van der Waals surface area contributed by atoms with Crippen LogP contribution in [0.2, 0.25) is 10.0 Å². The molecule has 0 saturated carbocycles. The minimum absolute atomic E-state index is 0.00259. The summed E-state index contributed by atoms with van der Waals surface area (Å²) < 4.78 is 0. The van der Waals surface area contributed by atoms with Crippen molar-refractivity contribution in [3.8, 4) is 0 Å². The lowest BCUT2D eigenvalue weighted by molar-refractivity contribution is -0.126. The molecule has 1 unspecified atom stereocenters. The molecule has 104 valence electrons. The lowest BCUT2D eigenvalue weighted by Crippen LogP contribution is -2.47. The van der Waals surface area contributed by atoms with Crippen LogP contribution in [0.3, 0.4) is 0 Å². The molecular weight excluding hydrogens is 283 g/mol. The Hall–Kier alpha value is -0.770. The van der Waals surface area contributed by atoms with E-state index >= 15 is 0 Å². The predicted molar refractivity (Wildman–Crippen MR) is 79.9 cm³/mol. The van der Waals surface area contributed by atoms with Crippen molar-refractivity contribution >= 4 is 34.8 Å². The molecule has 0 spiro atoms. The van der Waals surface area contributed by atoms with Gasteiger partial charge in [0.2, 0.25) is 5.91 Å². The van der Waals surface area contributed by atoms with E-state index < -0.39 is 0 Å². The highest BCUT2D eigenvalue weighted by Gasteiger charge is 2.38. The molecule has 0 aromatic heterocycles. The van der Waals surface area contributed by atoms with Gasteiger partial charge in [0.15, 0.2) is 0 Å². The number of amides is 1. The Morgan fingerprint density at radius 2 is 2.11 bits per heavy atom. The van der Waals surface area contributed by atoms with Gasteiger partial charge in [-0.2, -0.15) is 0 Å². The number of rotatable bonds is 3. The van der Waals surface area contributed by atoms with Crippen molar-refractivity contribution in [2.45, 2.75) is 26.2 Å². The highest BCUT2D eigenvalue weighted by Crippen LogP contribution is 2.35. The van der Waals surface area contributed by atoms with Crippen LogP contribution in [-0.2, 0) is 4.79 Å². The minimum atomic E-state index is -0.360. The maximum atomic E-state index is 12.6. The van der Waals surface area contributed by atoms with Gasteiger partial charge < -0.3 is 10.6 Å². The average molecular weight is 301 g/mol. The summed E-state index contributed by atoms with van der Waals surface area (Å²) in [6, 6.07) is 5.21. The summed E-state index contributed by atoms with van der Waals surface area (Å²) in [5, 5.41) is 7.13. The van der Waals surface area contributed by atoms with Crippen molar-refractivity contribution in [3.05, 3.63) is 28.2 Å². The Labute approximate surface area is 123 Å². The molecule has 1 amide bonds. The normalized spacial score (nSPS) is 23.1. The molecule has 0 radical (unpaired) electrons. The molecule has 1 aliphatic heterocycles. The van der Waals surface area contributed by atoms with Crippen LogP contribution in [0.15, 0.2) is 18.2 Å². The highest BCUT2D eigenvalue weighted by atomic mass is 35.5. The van der Waals surface area contributed by atoms with Gasteiger partial charge in [-0.3, -0.25) is 4.79 Å². The topological polar surface area (TPSA) is 41.1 Å². The summed E-state index contributed by atoms with van der Waals surface area (Å²) in [5.41, 5.74) is 0.148. The number of anilines is 1. The van der Waals surface area contributed by atoms with Crippen molar-refractivity contribution in [3.63, 3.8) is 0 Å². The molecule has 2 N–H and O–H groups in total. The van der Waals surface area contributed by atoms with Crippen LogP contribution in [0, 0.1) is 5.41 Å². The van der Waals surface area contributed by atoms with Gasteiger partial charge >= 0.3 is 0 Å². The molecule has 1 fully saturated rings. The molecule has 2 rings (SSSR count). The maximum Gasteiger partial charge on any atom is 0.231 e. The number of benzene rings is 1. The van der Waals surface area contributed by atoms with Crippen LogP contribution in [0.1, 0.15) is 26.2 Å². The molecule has 0 aliphatic carbocycles. The quantitative estimate of drug-likeness (QED) is 0.893. The third-order valence-electron chi connectivity index (χ3n) is 3.83. The number of hydrogen-bond acceptors (Lipinski definition) is 2. The van der Waals surface area contributed by atoms with E-state index in [0.717, 1.165) is 25.8 Å². The minimum Gasteiger partial charge on any atom is -0.323 e. The lowest BCUT2D eigenvalue weighted by atomic mass is 9.77. The first-order valence-corrected chi connectivity index (χ1v) is 7.31. The van der Waals surface area contributed by atoms with Crippen LogP contribution in [0.25, 0.3) is 0 Å². The lowest BCUT2D eigenvalue weighted by Gasteiger charge is -2.35. The number of piperidine rings is 1. The van der Waals surface area contributed by atoms with Crippen molar-refractivity contribution in [2.75, 3.05) is 18.4 Å². The van der Waals surface area contributed by atoms with Crippen LogP contribution < -0.4 is 10.6 Å². The number of carbonyl (C=O) groups excluding carboxylic acids is 1. The van der Waals surface area contributed by atoms with Gasteiger partial charge in [0.05, 0.1) is 21.1 Å². The summed E-state index contributed by atoms with van der Waals surface area (Å²) >= 11 is 12.2. The fraction of sp³-hybridized carbons (Fsp3) is 0.500. The van der Waals surface area contributed by atoms with E-state index in [9.17, 15) is 4.79 Å². The van der Waals surface area contributed by atoms with E-state index in [1.807, 2.05) is 6.92 Å². The van der Waals surface area contributed by atoms with E-state index in [4.69, 9.17) is 23.2 Å². The van der Waals surface area contributed by atoms with Gasteiger partial charge in [-0.25, -0.2) is 0 Å². The second-order valence-electron chi connectivity index (χ2n) is 4.96. The van der Waals surface area contributed by atoms with Gasteiger partial charge in [0, 0.05) is 6.54 Å². The number of carbonyl (C=O) groups is 1. The fourth-order valence-corrected chi connectivity index (χ4v) is 2.98. The van der Waals surface area contributed by atoms with Crippen molar-refractivity contribution in [1.82, 2.24) is 5.32 Å². The summed E-state index contributed by atoms with van der Waals surface area (Å²) in [4.78, 5) is 12.6. The third-order valence-corrected chi connectivity index (χ3v) is 4.46. The highest BCUT2D eigenvalue weighted by molar-refractivity contribution is 6.39. The second kappa shape index (κ2) is 6.12. The zero-order valence-electron chi connectivity index (χ0n) is 10.9. The van der Waals surface area contributed by atoms with Gasteiger partial charge in [-0.15, -0.1) is 0 Å². The molecule has 19 heavy (non-hydrogen) atoms. The van der Waals surface area contributed by atoms with E-state index in [0.29, 0.717) is 22.3 Å². The monoisotopic (exact) mass is 300 g/mol. The van der Waals surface area contributed by atoms with Gasteiger partial charge in [-0.05, 0) is 37.9 Å². The van der Waals surface area contributed by atoms with Gasteiger partial charge in [0.25, 0.3) is 0 Å². The fourth-order valence-electron chi connectivity index (χ4n) is 2.49. The summed E-state index contributed by atoms with van der Waals surface area (Å²) in [6.07, 6.45) is 2.70. The first-order valence-electron chi connectivity index (χ1n) is 6.55. The molecule has 5 heteroatoms. The molecule has 1 aliphatic rings.